The van der Waals surface area contributed by atoms with Crippen LogP contribution in [0.5, 0.6) is 0 Å². The largest absolute Gasteiger partial charge is 0.294 e. The van der Waals surface area contributed by atoms with E-state index in [9.17, 15) is 9.18 Å². The second kappa shape index (κ2) is 5.94. The van der Waals surface area contributed by atoms with Crippen molar-refractivity contribution in [2.75, 3.05) is 0 Å². The molecule has 1 aromatic carbocycles. The zero-order valence-corrected chi connectivity index (χ0v) is 10.8. The lowest BCUT2D eigenvalue weighted by molar-refractivity contribution is -0.114. The molecule has 1 aliphatic carbocycles. The van der Waals surface area contributed by atoms with Gasteiger partial charge in [0.25, 0.3) is 0 Å². The molecule has 0 radical (unpaired) electrons. The Kier molecular flexibility index (Phi) is 4.29. The van der Waals surface area contributed by atoms with Crippen molar-refractivity contribution in [3.63, 3.8) is 0 Å². The molecular weight excluding hydrogens is 227 g/mol. The number of ketones is 1. The minimum atomic E-state index is -0.241. The second-order valence-electron chi connectivity index (χ2n) is 5.08. The van der Waals surface area contributed by atoms with E-state index < -0.39 is 0 Å². The molecule has 96 valence electrons. The Morgan fingerprint density at radius 2 is 2.00 bits per heavy atom. The first kappa shape index (κ1) is 13.0. The van der Waals surface area contributed by atoms with E-state index >= 15 is 0 Å². The van der Waals surface area contributed by atoms with Gasteiger partial charge in [0, 0.05) is 6.42 Å². The molecule has 2 rings (SSSR count). The Morgan fingerprint density at radius 3 is 2.67 bits per heavy atom. The van der Waals surface area contributed by atoms with Crippen LogP contribution in [0.4, 0.5) is 4.39 Å². The molecule has 2 heteroatoms. The summed E-state index contributed by atoms with van der Waals surface area (Å²) < 4.78 is 13.0. The summed E-state index contributed by atoms with van der Waals surface area (Å²) in [6.07, 6.45) is 8.01. The van der Waals surface area contributed by atoms with Crippen LogP contribution in [-0.2, 0) is 11.2 Å². The molecule has 0 aliphatic heterocycles. The zero-order chi connectivity index (χ0) is 13.0. The van der Waals surface area contributed by atoms with E-state index in [1.807, 2.05) is 13.0 Å². The predicted octanol–water partition coefficient (Wildman–Crippen LogP) is 4.14. The number of allylic oxidation sites excluding steroid dienone is 2. The van der Waals surface area contributed by atoms with Gasteiger partial charge in [-0.2, -0.15) is 0 Å². The summed E-state index contributed by atoms with van der Waals surface area (Å²) >= 11 is 0. The lowest BCUT2D eigenvalue weighted by Crippen LogP contribution is -2.04. The van der Waals surface area contributed by atoms with E-state index in [1.165, 1.54) is 37.0 Å². The van der Waals surface area contributed by atoms with Crippen LogP contribution in [0, 0.1) is 12.7 Å². The van der Waals surface area contributed by atoms with E-state index in [4.69, 9.17) is 0 Å². The third-order valence-corrected chi connectivity index (χ3v) is 3.53. The number of hydrogen-bond donors (Lipinski definition) is 0. The van der Waals surface area contributed by atoms with Gasteiger partial charge >= 0.3 is 0 Å². The van der Waals surface area contributed by atoms with Gasteiger partial charge in [0.2, 0.25) is 0 Å². The van der Waals surface area contributed by atoms with Crippen molar-refractivity contribution in [1.29, 1.82) is 0 Å². The van der Waals surface area contributed by atoms with Gasteiger partial charge in [-0.05, 0) is 61.9 Å². The first-order chi connectivity index (χ1) is 8.65. The van der Waals surface area contributed by atoms with E-state index in [0.29, 0.717) is 6.42 Å². The number of rotatable bonds is 3. The molecule has 0 heterocycles. The summed E-state index contributed by atoms with van der Waals surface area (Å²) in [5.74, 6) is -0.101. The van der Waals surface area contributed by atoms with Crippen molar-refractivity contribution >= 4 is 5.78 Å². The van der Waals surface area contributed by atoms with E-state index in [0.717, 1.165) is 24.0 Å². The lowest BCUT2D eigenvalue weighted by Gasteiger charge is -2.13. The molecule has 0 bridgehead atoms. The van der Waals surface area contributed by atoms with Crippen LogP contribution in [0.3, 0.4) is 0 Å². The van der Waals surface area contributed by atoms with Crippen LogP contribution < -0.4 is 0 Å². The highest BCUT2D eigenvalue weighted by Gasteiger charge is 2.09. The van der Waals surface area contributed by atoms with Crippen molar-refractivity contribution in [3.8, 4) is 0 Å². The number of benzene rings is 1. The van der Waals surface area contributed by atoms with Gasteiger partial charge in [-0.3, -0.25) is 4.79 Å². The van der Waals surface area contributed by atoms with Gasteiger partial charge in [0.15, 0.2) is 5.78 Å². The van der Waals surface area contributed by atoms with Gasteiger partial charge in [-0.15, -0.1) is 0 Å². The van der Waals surface area contributed by atoms with Crippen LogP contribution in [-0.4, -0.2) is 5.78 Å². The fourth-order valence-corrected chi connectivity index (χ4v) is 2.47. The fraction of sp³-hybridized carbons (Fsp3) is 0.438. The second-order valence-corrected chi connectivity index (χ2v) is 5.08. The van der Waals surface area contributed by atoms with Crippen LogP contribution in [0.25, 0.3) is 0 Å². The smallest absolute Gasteiger partial charge is 0.160 e. The first-order valence-electron chi connectivity index (χ1n) is 6.62. The molecule has 1 aliphatic rings. The molecule has 0 atom stereocenters. The molecule has 0 unspecified atom stereocenters. The average Bonchev–Trinajstić information content (AvgIpc) is 2.34. The average molecular weight is 246 g/mol. The quantitative estimate of drug-likeness (QED) is 0.733. The summed E-state index contributed by atoms with van der Waals surface area (Å²) in [4.78, 5) is 11.9. The maximum atomic E-state index is 13.0. The predicted molar refractivity (Wildman–Crippen MR) is 71.0 cm³/mol. The van der Waals surface area contributed by atoms with Crippen LogP contribution in [0.2, 0.25) is 0 Å². The maximum absolute atomic E-state index is 13.0. The molecule has 0 N–H and O–H groups in total. The summed E-state index contributed by atoms with van der Waals surface area (Å²) in [6, 6.07) is 4.61. The third-order valence-electron chi connectivity index (χ3n) is 3.53. The Labute approximate surface area is 108 Å². The van der Waals surface area contributed by atoms with Crippen molar-refractivity contribution in [2.24, 2.45) is 0 Å². The van der Waals surface area contributed by atoms with Crippen molar-refractivity contribution in [1.82, 2.24) is 0 Å². The van der Waals surface area contributed by atoms with Gasteiger partial charge in [-0.1, -0.05) is 18.1 Å². The van der Waals surface area contributed by atoms with Gasteiger partial charge in [-0.25, -0.2) is 4.39 Å². The van der Waals surface area contributed by atoms with Crippen molar-refractivity contribution < 1.29 is 9.18 Å². The summed E-state index contributed by atoms with van der Waals surface area (Å²) in [5, 5.41) is 0. The fourth-order valence-electron chi connectivity index (χ4n) is 2.47. The highest BCUT2D eigenvalue weighted by atomic mass is 19.1. The number of hydrogen-bond acceptors (Lipinski definition) is 1. The minimum Gasteiger partial charge on any atom is -0.294 e. The van der Waals surface area contributed by atoms with Crippen LogP contribution in [0.15, 0.2) is 29.8 Å². The molecule has 0 spiro atoms. The standard InChI is InChI=1S/C16H19FO/c1-12-9-15(17)8-7-14(12)11-16(18)10-13-5-3-2-4-6-13/h7-10H,2-6,11H2,1H3. The van der Waals surface area contributed by atoms with E-state index in [2.05, 4.69) is 0 Å². The molecule has 1 aromatic rings. The highest BCUT2D eigenvalue weighted by molar-refractivity contribution is 5.92. The molecule has 1 fully saturated rings. The molecular formula is C16H19FO. The lowest BCUT2D eigenvalue weighted by atomic mass is 9.93. The summed E-state index contributed by atoms with van der Waals surface area (Å²) in [5.41, 5.74) is 3.06. The Morgan fingerprint density at radius 1 is 1.28 bits per heavy atom. The van der Waals surface area contributed by atoms with Gasteiger partial charge in [0.05, 0.1) is 0 Å². The molecule has 18 heavy (non-hydrogen) atoms. The summed E-state index contributed by atoms with van der Waals surface area (Å²) in [7, 11) is 0. The number of carbonyl (C=O) groups excluding carboxylic acids is 1. The zero-order valence-electron chi connectivity index (χ0n) is 10.8. The van der Waals surface area contributed by atoms with Crippen molar-refractivity contribution in [3.05, 3.63) is 46.8 Å². The van der Waals surface area contributed by atoms with E-state index in [1.54, 1.807) is 6.07 Å². The third kappa shape index (κ3) is 3.52. The molecule has 0 amide bonds. The molecule has 0 saturated heterocycles. The van der Waals surface area contributed by atoms with Crippen LogP contribution in [0.1, 0.15) is 43.2 Å². The number of carbonyl (C=O) groups is 1. The molecule has 1 nitrogen and oxygen atoms in total. The van der Waals surface area contributed by atoms with Gasteiger partial charge < -0.3 is 0 Å². The Hall–Kier alpha value is -1.44. The monoisotopic (exact) mass is 246 g/mol. The molecule has 1 saturated carbocycles. The number of aryl methyl sites for hydroxylation is 1. The van der Waals surface area contributed by atoms with Gasteiger partial charge in [0.1, 0.15) is 5.82 Å². The minimum absolute atomic E-state index is 0.140. The Balaban J connectivity index is 2.02. The SMILES string of the molecule is Cc1cc(F)ccc1CC(=O)C=C1CCCCC1. The number of halogens is 1. The van der Waals surface area contributed by atoms with Crippen molar-refractivity contribution in [2.45, 2.75) is 45.4 Å². The van der Waals surface area contributed by atoms with E-state index in [-0.39, 0.29) is 11.6 Å². The maximum Gasteiger partial charge on any atom is 0.160 e. The first-order valence-corrected chi connectivity index (χ1v) is 6.62. The topological polar surface area (TPSA) is 17.1 Å². The highest BCUT2D eigenvalue weighted by Crippen LogP contribution is 2.23. The Bertz CT molecular complexity index is 466. The summed E-state index contributed by atoms with van der Waals surface area (Å²) in [6.45, 7) is 1.85. The normalized spacial score (nSPS) is 15.6. The molecule has 0 aromatic heterocycles. The van der Waals surface area contributed by atoms with Crippen LogP contribution >= 0.6 is 0 Å².